The van der Waals surface area contributed by atoms with Gasteiger partial charge in [0.25, 0.3) is 5.91 Å². The minimum Gasteiger partial charge on any atom is -0.494 e. The fourth-order valence-corrected chi connectivity index (χ4v) is 2.30. The van der Waals surface area contributed by atoms with Crippen LogP contribution in [0.1, 0.15) is 35.8 Å². The Morgan fingerprint density at radius 3 is 2.55 bits per heavy atom. The summed E-state index contributed by atoms with van der Waals surface area (Å²) in [6, 6.07) is 11.0. The van der Waals surface area contributed by atoms with E-state index < -0.39 is 5.82 Å². The Kier molecular flexibility index (Phi) is 5.39. The predicted molar refractivity (Wildman–Crippen MR) is 84.9 cm³/mol. The highest BCUT2D eigenvalue weighted by Gasteiger charge is 2.14. The average Bonchev–Trinajstić information content (AvgIpc) is 2.48. The molecule has 1 N–H and O–H groups in total. The Morgan fingerprint density at radius 2 is 1.95 bits per heavy atom. The van der Waals surface area contributed by atoms with E-state index in [-0.39, 0.29) is 22.5 Å². The lowest BCUT2D eigenvalue weighted by Gasteiger charge is -2.15. The topological polar surface area (TPSA) is 38.3 Å². The third kappa shape index (κ3) is 3.98. The molecular weight excluding hydrogens is 305 g/mol. The molecule has 0 heterocycles. The first-order chi connectivity index (χ1) is 10.5. The minimum absolute atomic E-state index is 0.0939. The Balaban J connectivity index is 2.07. The number of rotatable bonds is 5. The summed E-state index contributed by atoms with van der Waals surface area (Å²) in [6.45, 7) is 4.39. The van der Waals surface area contributed by atoms with Crippen molar-refractivity contribution in [3.05, 3.63) is 64.4 Å². The van der Waals surface area contributed by atoms with E-state index in [2.05, 4.69) is 5.32 Å². The van der Waals surface area contributed by atoms with E-state index in [9.17, 15) is 9.18 Å². The second kappa shape index (κ2) is 7.27. The summed E-state index contributed by atoms with van der Waals surface area (Å²) >= 11 is 5.89. The Labute approximate surface area is 134 Å². The molecule has 0 fully saturated rings. The zero-order chi connectivity index (χ0) is 16.1. The predicted octanol–water partition coefficient (Wildman–Crippen LogP) is 4.37. The van der Waals surface area contributed by atoms with Crippen LogP contribution in [0.4, 0.5) is 4.39 Å². The van der Waals surface area contributed by atoms with Crippen LogP contribution in [0.2, 0.25) is 5.02 Å². The van der Waals surface area contributed by atoms with Crippen LogP contribution in [0, 0.1) is 5.82 Å². The van der Waals surface area contributed by atoms with Gasteiger partial charge >= 0.3 is 0 Å². The van der Waals surface area contributed by atoms with Crippen molar-refractivity contribution in [3.63, 3.8) is 0 Å². The van der Waals surface area contributed by atoms with Gasteiger partial charge in [-0.25, -0.2) is 4.39 Å². The van der Waals surface area contributed by atoms with Crippen LogP contribution in [-0.2, 0) is 0 Å². The number of hydrogen-bond acceptors (Lipinski definition) is 2. The second-order valence-electron chi connectivity index (χ2n) is 4.82. The van der Waals surface area contributed by atoms with Crippen LogP contribution in [-0.4, -0.2) is 12.5 Å². The van der Waals surface area contributed by atoms with E-state index in [1.54, 1.807) is 0 Å². The van der Waals surface area contributed by atoms with E-state index in [0.29, 0.717) is 6.61 Å². The van der Waals surface area contributed by atoms with Gasteiger partial charge in [-0.05, 0) is 49.7 Å². The van der Waals surface area contributed by atoms with Crippen LogP contribution in [0.3, 0.4) is 0 Å². The average molecular weight is 322 g/mol. The summed E-state index contributed by atoms with van der Waals surface area (Å²) < 4.78 is 18.4. The standard InChI is InChI=1S/C17H17ClFNO2/c1-3-22-14-7-4-12(5-8-14)11(2)20-17(21)15-9-6-13(19)10-16(15)18/h4-11H,3H2,1-2H3,(H,20,21). The zero-order valence-corrected chi connectivity index (χ0v) is 13.2. The first-order valence-corrected chi connectivity index (χ1v) is 7.37. The molecule has 0 bridgehead atoms. The van der Waals surface area contributed by atoms with Gasteiger partial charge in [-0.1, -0.05) is 23.7 Å². The summed E-state index contributed by atoms with van der Waals surface area (Å²) in [7, 11) is 0. The molecule has 22 heavy (non-hydrogen) atoms. The van der Waals surface area contributed by atoms with Gasteiger partial charge in [0, 0.05) is 0 Å². The van der Waals surface area contributed by atoms with Gasteiger partial charge in [0.2, 0.25) is 0 Å². The van der Waals surface area contributed by atoms with Crippen LogP contribution >= 0.6 is 11.6 Å². The second-order valence-corrected chi connectivity index (χ2v) is 5.23. The first kappa shape index (κ1) is 16.3. The number of halogens is 2. The lowest BCUT2D eigenvalue weighted by atomic mass is 10.1. The zero-order valence-electron chi connectivity index (χ0n) is 12.4. The Hall–Kier alpha value is -2.07. The van der Waals surface area contributed by atoms with Crippen molar-refractivity contribution < 1.29 is 13.9 Å². The minimum atomic E-state index is -0.471. The molecule has 0 aliphatic heterocycles. The highest BCUT2D eigenvalue weighted by molar-refractivity contribution is 6.33. The molecule has 3 nitrogen and oxygen atoms in total. The Bertz CT molecular complexity index is 658. The number of nitrogens with one attached hydrogen (secondary N) is 1. The molecule has 1 atom stereocenters. The van der Waals surface area contributed by atoms with E-state index in [1.165, 1.54) is 12.1 Å². The fraction of sp³-hybridized carbons (Fsp3) is 0.235. The van der Waals surface area contributed by atoms with Gasteiger partial charge in [-0.3, -0.25) is 4.79 Å². The lowest BCUT2D eigenvalue weighted by molar-refractivity contribution is 0.0940. The van der Waals surface area contributed by atoms with Crippen LogP contribution in [0.15, 0.2) is 42.5 Å². The van der Waals surface area contributed by atoms with E-state index in [1.807, 2.05) is 38.1 Å². The van der Waals surface area contributed by atoms with Crippen LogP contribution in [0.25, 0.3) is 0 Å². The van der Waals surface area contributed by atoms with Gasteiger partial charge in [0.1, 0.15) is 11.6 Å². The van der Waals surface area contributed by atoms with Gasteiger partial charge in [-0.2, -0.15) is 0 Å². The number of carbonyl (C=O) groups is 1. The molecule has 0 aliphatic carbocycles. The van der Waals surface area contributed by atoms with E-state index in [0.717, 1.165) is 17.4 Å². The van der Waals surface area contributed by atoms with Crippen molar-refractivity contribution >= 4 is 17.5 Å². The third-order valence-corrected chi connectivity index (χ3v) is 3.53. The largest absolute Gasteiger partial charge is 0.494 e. The molecule has 116 valence electrons. The smallest absolute Gasteiger partial charge is 0.253 e. The first-order valence-electron chi connectivity index (χ1n) is 7.00. The lowest BCUT2D eigenvalue weighted by Crippen LogP contribution is -2.26. The van der Waals surface area contributed by atoms with Crippen LogP contribution < -0.4 is 10.1 Å². The van der Waals surface area contributed by atoms with Gasteiger partial charge < -0.3 is 10.1 Å². The summed E-state index contributed by atoms with van der Waals surface area (Å²) in [5.41, 5.74) is 1.19. The summed E-state index contributed by atoms with van der Waals surface area (Å²) in [6.07, 6.45) is 0. The Morgan fingerprint density at radius 1 is 1.27 bits per heavy atom. The molecule has 0 saturated heterocycles. The molecule has 1 unspecified atom stereocenters. The number of ether oxygens (including phenoxy) is 1. The molecule has 5 heteroatoms. The number of benzene rings is 2. The van der Waals surface area contributed by atoms with Crippen molar-refractivity contribution in [1.82, 2.24) is 5.32 Å². The van der Waals surface area contributed by atoms with Crippen molar-refractivity contribution in [1.29, 1.82) is 0 Å². The molecule has 1 amide bonds. The van der Waals surface area contributed by atoms with Gasteiger partial charge in [0.05, 0.1) is 23.2 Å². The fourth-order valence-electron chi connectivity index (χ4n) is 2.05. The molecule has 0 spiro atoms. The van der Waals surface area contributed by atoms with Crippen molar-refractivity contribution in [2.45, 2.75) is 19.9 Å². The molecule has 0 radical (unpaired) electrons. The summed E-state index contributed by atoms with van der Waals surface area (Å²) in [4.78, 5) is 12.2. The number of hydrogen-bond donors (Lipinski definition) is 1. The van der Waals surface area contributed by atoms with Crippen molar-refractivity contribution in [2.24, 2.45) is 0 Å². The maximum atomic E-state index is 13.0. The maximum absolute atomic E-state index is 13.0. The molecular formula is C17H17ClFNO2. The molecule has 0 aliphatic rings. The maximum Gasteiger partial charge on any atom is 0.253 e. The quantitative estimate of drug-likeness (QED) is 0.888. The summed E-state index contributed by atoms with van der Waals surface area (Å²) in [5, 5.41) is 2.93. The monoisotopic (exact) mass is 321 g/mol. The molecule has 2 aromatic carbocycles. The van der Waals surface area contributed by atoms with Gasteiger partial charge in [-0.15, -0.1) is 0 Å². The summed E-state index contributed by atoms with van der Waals surface area (Å²) in [5.74, 6) is -0.0288. The number of amides is 1. The van der Waals surface area contributed by atoms with Crippen molar-refractivity contribution in [3.8, 4) is 5.75 Å². The third-order valence-electron chi connectivity index (χ3n) is 3.21. The SMILES string of the molecule is CCOc1ccc(C(C)NC(=O)c2ccc(F)cc2Cl)cc1. The highest BCUT2D eigenvalue weighted by atomic mass is 35.5. The molecule has 0 aromatic heterocycles. The molecule has 2 rings (SSSR count). The highest BCUT2D eigenvalue weighted by Crippen LogP contribution is 2.20. The number of carbonyl (C=O) groups excluding carboxylic acids is 1. The van der Waals surface area contributed by atoms with Gasteiger partial charge in [0.15, 0.2) is 0 Å². The van der Waals surface area contributed by atoms with Crippen LogP contribution in [0.5, 0.6) is 5.75 Å². The normalized spacial score (nSPS) is 11.8. The van der Waals surface area contributed by atoms with Crippen molar-refractivity contribution in [2.75, 3.05) is 6.61 Å². The van der Waals surface area contributed by atoms with E-state index in [4.69, 9.17) is 16.3 Å². The van der Waals surface area contributed by atoms with E-state index >= 15 is 0 Å². The molecule has 2 aromatic rings. The molecule has 0 saturated carbocycles.